The Morgan fingerprint density at radius 2 is 1.74 bits per heavy atom. The first-order valence-electron chi connectivity index (χ1n) is 10.6. The predicted octanol–water partition coefficient (Wildman–Crippen LogP) is -0.314. The van der Waals surface area contributed by atoms with Crippen molar-refractivity contribution < 1.29 is 32.2 Å². The van der Waals surface area contributed by atoms with Gasteiger partial charge < -0.3 is 23.8 Å². The molecule has 3 aliphatic heterocycles. The molecule has 1 aromatic carbocycles. The fourth-order valence-corrected chi connectivity index (χ4v) is 4.83. The number of hydrogen-bond donors (Lipinski definition) is 1. The standard InChI is InChI=1S/C20H29N3O7S/c24-20(23-8-12-28-13-9-23)19-15-29-18-14-16(2-3-17(18)30-19)31(25,26)21-4-1-5-22-6-10-27-11-7-22/h2-3,14,19,21H,1,4-13,15H2/t19-/m0/s1. The van der Waals surface area contributed by atoms with Gasteiger partial charge in [-0.2, -0.15) is 0 Å². The number of benzene rings is 1. The minimum Gasteiger partial charge on any atom is -0.485 e. The number of ether oxygens (including phenoxy) is 4. The molecule has 10 nitrogen and oxygen atoms in total. The topological polar surface area (TPSA) is 107 Å². The molecule has 0 aromatic heterocycles. The summed E-state index contributed by atoms with van der Waals surface area (Å²) in [5, 5.41) is 0. The van der Waals surface area contributed by atoms with E-state index in [1.54, 1.807) is 4.90 Å². The summed E-state index contributed by atoms with van der Waals surface area (Å²) in [5.74, 6) is 0.541. The lowest BCUT2D eigenvalue weighted by Gasteiger charge is -2.32. The molecule has 1 amide bonds. The Labute approximate surface area is 182 Å². The van der Waals surface area contributed by atoms with E-state index in [4.69, 9.17) is 18.9 Å². The molecule has 0 radical (unpaired) electrons. The molecule has 0 saturated carbocycles. The molecular weight excluding hydrogens is 426 g/mol. The van der Waals surface area contributed by atoms with Crippen LogP contribution in [-0.4, -0.2) is 103 Å². The lowest BCUT2D eigenvalue weighted by molar-refractivity contribution is -0.145. The normalized spacial score (nSPS) is 22.3. The van der Waals surface area contributed by atoms with Crippen molar-refractivity contribution in [2.24, 2.45) is 0 Å². The molecule has 3 heterocycles. The third-order valence-corrected chi connectivity index (χ3v) is 6.99. The summed E-state index contributed by atoms with van der Waals surface area (Å²) in [6.07, 6.45) is -0.0267. The van der Waals surface area contributed by atoms with Crippen LogP contribution in [0.15, 0.2) is 23.1 Å². The summed E-state index contributed by atoms with van der Waals surface area (Å²) < 4.78 is 50.0. The highest BCUT2D eigenvalue weighted by Crippen LogP contribution is 2.34. The zero-order chi connectivity index (χ0) is 21.7. The van der Waals surface area contributed by atoms with Crippen LogP contribution in [0.25, 0.3) is 0 Å². The van der Waals surface area contributed by atoms with Crippen LogP contribution in [0.3, 0.4) is 0 Å². The van der Waals surface area contributed by atoms with Crippen molar-refractivity contribution in [2.45, 2.75) is 17.4 Å². The molecule has 1 aromatic rings. The first-order chi connectivity index (χ1) is 15.0. The Morgan fingerprint density at radius 1 is 1.03 bits per heavy atom. The number of nitrogens with zero attached hydrogens (tertiary/aromatic N) is 2. The highest BCUT2D eigenvalue weighted by atomic mass is 32.2. The van der Waals surface area contributed by atoms with Crippen LogP contribution < -0.4 is 14.2 Å². The van der Waals surface area contributed by atoms with Crippen LogP contribution in [0.1, 0.15) is 6.42 Å². The average Bonchev–Trinajstić information content (AvgIpc) is 2.82. The molecule has 0 unspecified atom stereocenters. The number of sulfonamides is 1. The number of fused-ring (bicyclic) bond motifs is 1. The van der Waals surface area contributed by atoms with Gasteiger partial charge in [-0.15, -0.1) is 0 Å². The van der Waals surface area contributed by atoms with E-state index < -0.39 is 16.1 Å². The van der Waals surface area contributed by atoms with Gasteiger partial charge >= 0.3 is 0 Å². The average molecular weight is 456 g/mol. The maximum atomic E-state index is 12.6. The van der Waals surface area contributed by atoms with Crippen molar-refractivity contribution >= 4 is 15.9 Å². The van der Waals surface area contributed by atoms with Gasteiger partial charge in [0.15, 0.2) is 11.5 Å². The summed E-state index contributed by atoms with van der Waals surface area (Å²) in [6.45, 7) is 6.50. The van der Waals surface area contributed by atoms with Gasteiger partial charge in [0.25, 0.3) is 5.91 Å². The Morgan fingerprint density at radius 3 is 2.48 bits per heavy atom. The summed E-state index contributed by atoms with van der Waals surface area (Å²) in [4.78, 5) is 16.7. The molecule has 1 atom stereocenters. The SMILES string of the molecule is O=C([C@@H]1COc2cc(S(=O)(=O)NCCCN3CCOCC3)ccc2O1)N1CCOCC1. The molecular formula is C20H29N3O7S. The molecule has 2 saturated heterocycles. The Bertz CT molecular complexity index is 868. The Hall–Kier alpha value is -1.92. The van der Waals surface area contributed by atoms with Crippen LogP contribution in [0.2, 0.25) is 0 Å². The van der Waals surface area contributed by atoms with Gasteiger partial charge in [0.05, 0.1) is 31.3 Å². The van der Waals surface area contributed by atoms with E-state index in [2.05, 4.69) is 9.62 Å². The smallest absolute Gasteiger partial charge is 0.267 e. The van der Waals surface area contributed by atoms with Crippen molar-refractivity contribution in [3.05, 3.63) is 18.2 Å². The third kappa shape index (κ3) is 5.66. The monoisotopic (exact) mass is 455 g/mol. The molecule has 3 aliphatic rings. The highest BCUT2D eigenvalue weighted by Gasteiger charge is 2.32. The molecule has 0 spiro atoms. The fraction of sp³-hybridized carbons (Fsp3) is 0.650. The zero-order valence-corrected chi connectivity index (χ0v) is 18.3. The number of hydrogen-bond acceptors (Lipinski definition) is 8. The van der Waals surface area contributed by atoms with Crippen LogP contribution >= 0.6 is 0 Å². The van der Waals surface area contributed by atoms with E-state index in [0.717, 1.165) is 39.3 Å². The molecule has 0 aliphatic carbocycles. The van der Waals surface area contributed by atoms with Crippen LogP contribution in [0.5, 0.6) is 11.5 Å². The van der Waals surface area contributed by atoms with Crippen molar-refractivity contribution in [1.29, 1.82) is 0 Å². The summed E-state index contributed by atoms with van der Waals surface area (Å²) in [6, 6.07) is 4.44. The van der Waals surface area contributed by atoms with Gasteiger partial charge in [-0.05, 0) is 25.1 Å². The Balaban J connectivity index is 1.31. The molecule has 4 rings (SSSR count). The first kappa shape index (κ1) is 22.3. The van der Waals surface area contributed by atoms with Crippen LogP contribution in [0, 0.1) is 0 Å². The fourth-order valence-electron chi connectivity index (χ4n) is 3.74. The second-order valence-corrected chi connectivity index (χ2v) is 9.44. The lowest BCUT2D eigenvalue weighted by atomic mass is 10.2. The molecule has 31 heavy (non-hydrogen) atoms. The number of nitrogens with one attached hydrogen (secondary N) is 1. The van der Waals surface area contributed by atoms with Crippen molar-refractivity contribution in [3.63, 3.8) is 0 Å². The van der Waals surface area contributed by atoms with Gasteiger partial charge in [-0.3, -0.25) is 9.69 Å². The molecule has 172 valence electrons. The van der Waals surface area contributed by atoms with E-state index in [1.807, 2.05) is 0 Å². The lowest BCUT2D eigenvalue weighted by Crippen LogP contribution is -2.50. The van der Waals surface area contributed by atoms with Gasteiger partial charge in [0, 0.05) is 38.8 Å². The van der Waals surface area contributed by atoms with Crippen LogP contribution in [0.4, 0.5) is 0 Å². The maximum Gasteiger partial charge on any atom is 0.267 e. The maximum absolute atomic E-state index is 12.6. The van der Waals surface area contributed by atoms with E-state index in [-0.39, 0.29) is 17.4 Å². The number of rotatable bonds is 7. The van der Waals surface area contributed by atoms with E-state index >= 15 is 0 Å². The van der Waals surface area contributed by atoms with E-state index in [1.165, 1.54) is 18.2 Å². The predicted molar refractivity (Wildman–Crippen MR) is 111 cm³/mol. The van der Waals surface area contributed by atoms with E-state index in [9.17, 15) is 13.2 Å². The number of carbonyl (C=O) groups is 1. The minimum absolute atomic E-state index is 0.0413. The van der Waals surface area contributed by atoms with Gasteiger partial charge in [-0.1, -0.05) is 0 Å². The summed E-state index contributed by atoms with van der Waals surface area (Å²) in [7, 11) is -3.66. The summed E-state index contributed by atoms with van der Waals surface area (Å²) >= 11 is 0. The van der Waals surface area contributed by atoms with Crippen LogP contribution in [-0.2, 0) is 24.3 Å². The second kappa shape index (κ2) is 10.1. The van der Waals surface area contributed by atoms with Gasteiger partial charge in [-0.25, -0.2) is 13.1 Å². The molecule has 2 fully saturated rings. The highest BCUT2D eigenvalue weighted by molar-refractivity contribution is 7.89. The second-order valence-electron chi connectivity index (χ2n) is 7.67. The minimum atomic E-state index is -3.66. The van der Waals surface area contributed by atoms with E-state index in [0.29, 0.717) is 44.3 Å². The third-order valence-electron chi connectivity index (χ3n) is 5.53. The van der Waals surface area contributed by atoms with Gasteiger partial charge in [0.2, 0.25) is 16.1 Å². The molecule has 0 bridgehead atoms. The zero-order valence-electron chi connectivity index (χ0n) is 17.5. The Kier molecular flexibility index (Phi) is 7.28. The number of carbonyl (C=O) groups excluding carboxylic acids is 1. The number of amides is 1. The molecule has 1 N–H and O–H groups in total. The first-order valence-corrected chi connectivity index (χ1v) is 12.1. The largest absolute Gasteiger partial charge is 0.485 e. The summed E-state index contributed by atoms with van der Waals surface area (Å²) in [5.41, 5.74) is 0. The van der Waals surface area contributed by atoms with Crippen molar-refractivity contribution in [2.75, 3.05) is 72.3 Å². The quantitative estimate of drug-likeness (QED) is 0.558. The van der Waals surface area contributed by atoms with Crippen molar-refractivity contribution in [1.82, 2.24) is 14.5 Å². The molecule has 11 heteroatoms. The number of morpholine rings is 2. The van der Waals surface area contributed by atoms with Gasteiger partial charge in [0.1, 0.15) is 6.61 Å². The van der Waals surface area contributed by atoms with Crippen molar-refractivity contribution in [3.8, 4) is 11.5 Å².